The molecule has 0 radical (unpaired) electrons. The number of aryl methyl sites for hydroxylation is 1. The van der Waals surface area contributed by atoms with Crippen molar-refractivity contribution >= 4 is 5.97 Å². The molecular formula is C25H34O3. The highest BCUT2D eigenvalue weighted by atomic mass is 16.5. The molecule has 2 rings (SSSR count). The Morgan fingerprint density at radius 1 is 0.929 bits per heavy atom. The van der Waals surface area contributed by atoms with E-state index in [9.17, 15) is 9.90 Å². The van der Waals surface area contributed by atoms with Crippen molar-refractivity contribution < 1.29 is 14.6 Å². The van der Waals surface area contributed by atoms with Crippen LogP contribution in [0.25, 0.3) is 0 Å². The van der Waals surface area contributed by atoms with Gasteiger partial charge in [0.25, 0.3) is 0 Å². The van der Waals surface area contributed by atoms with Crippen LogP contribution >= 0.6 is 0 Å². The highest BCUT2D eigenvalue weighted by Crippen LogP contribution is 2.41. The van der Waals surface area contributed by atoms with E-state index >= 15 is 0 Å². The predicted molar refractivity (Wildman–Crippen MR) is 115 cm³/mol. The van der Waals surface area contributed by atoms with Crippen LogP contribution in [0.2, 0.25) is 0 Å². The third-order valence-electron chi connectivity index (χ3n) is 5.04. The van der Waals surface area contributed by atoms with Crippen LogP contribution in [-0.4, -0.2) is 11.1 Å². The van der Waals surface area contributed by atoms with E-state index < -0.39 is 18.0 Å². The lowest BCUT2D eigenvalue weighted by Gasteiger charge is -2.30. The van der Waals surface area contributed by atoms with E-state index in [0.717, 1.165) is 16.7 Å². The molecule has 0 aliphatic heterocycles. The lowest BCUT2D eigenvalue weighted by molar-refractivity contribution is -0.142. The summed E-state index contributed by atoms with van der Waals surface area (Å²) in [5.41, 5.74) is 3.51. The predicted octanol–water partition coefficient (Wildman–Crippen LogP) is 5.87. The summed E-state index contributed by atoms with van der Waals surface area (Å²) in [7, 11) is 0. The molecule has 2 atom stereocenters. The molecule has 0 aliphatic rings. The Morgan fingerprint density at radius 2 is 1.39 bits per heavy atom. The van der Waals surface area contributed by atoms with Crippen LogP contribution in [0.3, 0.4) is 0 Å². The molecule has 0 saturated carbocycles. The third-order valence-corrected chi connectivity index (χ3v) is 5.04. The number of carbonyl (C=O) groups is 1. The van der Waals surface area contributed by atoms with Crippen molar-refractivity contribution in [2.24, 2.45) is 5.92 Å². The van der Waals surface area contributed by atoms with Crippen molar-refractivity contribution in [3.05, 3.63) is 64.7 Å². The van der Waals surface area contributed by atoms with E-state index in [1.54, 1.807) is 6.92 Å². The van der Waals surface area contributed by atoms with Gasteiger partial charge in [0.2, 0.25) is 0 Å². The molecule has 3 nitrogen and oxygen atoms in total. The number of hydrogen-bond acceptors (Lipinski definition) is 3. The minimum Gasteiger partial charge on any atom is -0.426 e. The molecule has 28 heavy (non-hydrogen) atoms. The van der Waals surface area contributed by atoms with Gasteiger partial charge in [-0.3, -0.25) is 4.79 Å². The molecule has 1 N–H and O–H groups in total. The van der Waals surface area contributed by atoms with E-state index in [1.165, 1.54) is 0 Å². The highest BCUT2D eigenvalue weighted by Gasteiger charge is 2.31. The summed E-state index contributed by atoms with van der Waals surface area (Å²) >= 11 is 0. The van der Waals surface area contributed by atoms with Crippen LogP contribution in [0, 0.1) is 12.8 Å². The number of aliphatic hydroxyl groups is 1. The fourth-order valence-corrected chi connectivity index (χ4v) is 3.26. The highest BCUT2D eigenvalue weighted by molar-refractivity contribution is 5.77. The van der Waals surface area contributed by atoms with Crippen LogP contribution in [-0.2, 0) is 15.6 Å². The second-order valence-corrected chi connectivity index (χ2v) is 9.75. The van der Waals surface area contributed by atoms with Crippen LogP contribution in [0.15, 0.2) is 42.5 Å². The van der Waals surface area contributed by atoms with E-state index in [4.69, 9.17) is 4.74 Å². The molecule has 0 aliphatic carbocycles. The van der Waals surface area contributed by atoms with Gasteiger partial charge in [0.05, 0.1) is 12.0 Å². The average Bonchev–Trinajstić information content (AvgIpc) is 2.60. The van der Waals surface area contributed by atoms with E-state index in [2.05, 4.69) is 60.6 Å². The fourth-order valence-electron chi connectivity index (χ4n) is 3.26. The molecule has 0 bridgehead atoms. The zero-order valence-corrected chi connectivity index (χ0v) is 18.5. The Bertz CT molecular complexity index is 788. The van der Waals surface area contributed by atoms with Gasteiger partial charge in [-0.2, -0.15) is 0 Å². The minimum atomic E-state index is -0.907. The summed E-state index contributed by atoms with van der Waals surface area (Å²) < 4.78 is 5.99. The van der Waals surface area contributed by atoms with Gasteiger partial charge < -0.3 is 9.84 Å². The fraction of sp³-hybridized carbons (Fsp3) is 0.480. The Kier molecular flexibility index (Phi) is 6.40. The van der Waals surface area contributed by atoms with Gasteiger partial charge in [0.15, 0.2) is 0 Å². The summed E-state index contributed by atoms with van der Waals surface area (Å²) in [5, 5.41) is 10.6. The third kappa shape index (κ3) is 5.02. The van der Waals surface area contributed by atoms with Gasteiger partial charge in [-0.25, -0.2) is 0 Å². The van der Waals surface area contributed by atoms with E-state index in [-0.39, 0.29) is 10.8 Å². The topological polar surface area (TPSA) is 46.5 Å². The summed E-state index contributed by atoms with van der Waals surface area (Å²) in [6.07, 6.45) is -0.907. The molecule has 0 fully saturated rings. The van der Waals surface area contributed by atoms with E-state index in [1.807, 2.05) is 30.3 Å². The Hall–Kier alpha value is -2.13. The van der Waals surface area contributed by atoms with Gasteiger partial charge in [0, 0.05) is 11.1 Å². The number of ether oxygens (including phenoxy) is 1. The zero-order chi connectivity index (χ0) is 21.3. The molecule has 2 aromatic carbocycles. The molecule has 0 amide bonds. The van der Waals surface area contributed by atoms with Crippen molar-refractivity contribution in [2.75, 3.05) is 0 Å². The molecular weight excluding hydrogens is 348 g/mol. The van der Waals surface area contributed by atoms with Gasteiger partial charge in [-0.05, 0) is 30.2 Å². The smallest absolute Gasteiger partial charge is 0.317 e. The maximum atomic E-state index is 13.0. The normalized spacial score (nSPS) is 14.5. The Morgan fingerprint density at radius 3 is 1.82 bits per heavy atom. The number of carbonyl (C=O) groups excluding carboxylic acids is 1. The van der Waals surface area contributed by atoms with Crippen molar-refractivity contribution in [1.29, 1.82) is 0 Å². The van der Waals surface area contributed by atoms with Crippen molar-refractivity contribution in [1.82, 2.24) is 0 Å². The molecule has 0 aromatic heterocycles. The lowest BCUT2D eigenvalue weighted by atomic mass is 9.78. The summed E-state index contributed by atoms with van der Waals surface area (Å²) in [4.78, 5) is 13.0. The molecule has 0 saturated heterocycles. The van der Waals surface area contributed by atoms with Crippen LogP contribution < -0.4 is 4.74 Å². The molecule has 0 spiro atoms. The SMILES string of the molecule is Cc1cc(C(C)(C)C)c(OC(=O)[C@H](C)[C@H](O)c2ccccc2)c(C(C)(C)C)c1. The van der Waals surface area contributed by atoms with Crippen molar-refractivity contribution in [2.45, 2.75) is 72.3 Å². The number of aliphatic hydroxyl groups excluding tert-OH is 1. The first kappa shape index (κ1) is 22.2. The largest absolute Gasteiger partial charge is 0.426 e. The van der Waals surface area contributed by atoms with E-state index in [0.29, 0.717) is 11.3 Å². The number of benzene rings is 2. The minimum absolute atomic E-state index is 0.178. The Labute approximate surface area is 169 Å². The summed E-state index contributed by atoms with van der Waals surface area (Å²) in [6.45, 7) is 16.5. The van der Waals surface area contributed by atoms with Gasteiger partial charge in [-0.15, -0.1) is 0 Å². The molecule has 0 unspecified atom stereocenters. The van der Waals surface area contributed by atoms with Crippen LogP contribution in [0.4, 0.5) is 0 Å². The van der Waals surface area contributed by atoms with Gasteiger partial charge >= 0.3 is 5.97 Å². The standard InChI is InChI=1S/C25H34O3/c1-16-14-19(24(3,4)5)22(20(15-16)25(6,7)8)28-23(27)17(2)21(26)18-12-10-9-11-13-18/h9-15,17,21,26H,1-8H3/t17-,21+/m1/s1. The van der Waals surface area contributed by atoms with Crippen LogP contribution in [0.5, 0.6) is 5.75 Å². The zero-order valence-electron chi connectivity index (χ0n) is 18.5. The number of rotatable bonds is 4. The van der Waals surface area contributed by atoms with Crippen LogP contribution in [0.1, 0.15) is 76.8 Å². The summed E-state index contributed by atoms with van der Waals surface area (Å²) in [6, 6.07) is 13.4. The summed E-state index contributed by atoms with van der Waals surface area (Å²) in [5.74, 6) is -0.469. The molecule has 2 aromatic rings. The van der Waals surface area contributed by atoms with Crippen molar-refractivity contribution in [3.8, 4) is 5.75 Å². The number of esters is 1. The maximum Gasteiger partial charge on any atom is 0.317 e. The molecule has 152 valence electrons. The lowest BCUT2D eigenvalue weighted by Crippen LogP contribution is -2.27. The van der Waals surface area contributed by atoms with Crippen molar-refractivity contribution in [3.63, 3.8) is 0 Å². The maximum absolute atomic E-state index is 13.0. The van der Waals surface area contributed by atoms with Gasteiger partial charge in [-0.1, -0.05) is 89.6 Å². The Balaban J connectivity index is 2.45. The quantitative estimate of drug-likeness (QED) is 0.532. The molecule has 0 heterocycles. The second kappa shape index (κ2) is 8.08. The second-order valence-electron chi connectivity index (χ2n) is 9.75. The monoisotopic (exact) mass is 382 g/mol. The van der Waals surface area contributed by atoms with Gasteiger partial charge in [0.1, 0.15) is 5.75 Å². The first-order valence-corrected chi connectivity index (χ1v) is 9.92. The number of hydrogen-bond donors (Lipinski definition) is 1. The molecule has 3 heteroatoms. The first-order chi connectivity index (χ1) is 12.8. The average molecular weight is 383 g/mol. The first-order valence-electron chi connectivity index (χ1n) is 9.92.